The molecule has 2 N–H and O–H groups in total. The predicted molar refractivity (Wildman–Crippen MR) is 76.4 cm³/mol. The van der Waals surface area contributed by atoms with E-state index in [1.807, 2.05) is 0 Å². The molecule has 0 spiro atoms. The van der Waals surface area contributed by atoms with Gasteiger partial charge in [-0.05, 0) is 37.8 Å². The Kier molecular flexibility index (Phi) is 4.09. The van der Waals surface area contributed by atoms with Gasteiger partial charge in [-0.15, -0.1) is 0 Å². The van der Waals surface area contributed by atoms with Gasteiger partial charge in [-0.3, -0.25) is 0 Å². The minimum atomic E-state index is -4.75. The Morgan fingerprint density at radius 3 is 2.43 bits per heavy atom. The molecule has 0 bridgehead atoms. The monoisotopic (exact) mass is 329 g/mol. The summed E-state index contributed by atoms with van der Waals surface area (Å²) in [5, 5.41) is 12.7. The topological polar surface area (TPSA) is 58.0 Å². The van der Waals surface area contributed by atoms with Crippen LogP contribution in [0.3, 0.4) is 0 Å². The van der Waals surface area contributed by atoms with E-state index >= 15 is 0 Å². The molecule has 0 atom stereocenters. The number of aromatic nitrogens is 2. The number of hydrogen-bond acceptors (Lipinski definition) is 4. The molecule has 124 valence electrons. The molecule has 2 aromatic rings. The van der Waals surface area contributed by atoms with Crippen molar-refractivity contribution in [3.63, 3.8) is 0 Å². The van der Waals surface area contributed by atoms with Crippen LogP contribution in [0.1, 0.15) is 31.5 Å². The number of halogens is 4. The van der Waals surface area contributed by atoms with Gasteiger partial charge in [-0.2, -0.15) is 13.2 Å². The summed E-state index contributed by atoms with van der Waals surface area (Å²) in [6.45, 7) is 0. The van der Waals surface area contributed by atoms with Gasteiger partial charge in [-0.1, -0.05) is 6.07 Å². The molecule has 1 saturated carbocycles. The highest BCUT2D eigenvalue weighted by molar-refractivity contribution is 5.89. The van der Waals surface area contributed by atoms with E-state index in [1.165, 1.54) is 12.1 Å². The Balaban J connectivity index is 2.02. The maximum Gasteiger partial charge on any atom is 0.451 e. The first-order valence-corrected chi connectivity index (χ1v) is 7.32. The highest BCUT2D eigenvalue weighted by Crippen LogP contribution is 2.32. The third kappa shape index (κ3) is 3.36. The fourth-order valence-electron chi connectivity index (χ4n) is 2.77. The summed E-state index contributed by atoms with van der Waals surface area (Å²) in [7, 11) is 0. The van der Waals surface area contributed by atoms with Crippen LogP contribution >= 0.6 is 0 Å². The van der Waals surface area contributed by atoms with Crippen LogP contribution in [0.2, 0.25) is 0 Å². The molecule has 0 saturated heterocycles. The van der Waals surface area contributed by atoms with Gasteiger partial charge in [0.15, 0.2) is 0 Å². The maximum absolute atomic E-state index is 13.8. The molecule has 0 aliphatic heterocycles. The first-order chi connectivity index (χ1) is 10.8. The molecule has 1 aliphatic carbocycles. The summed E-state index contributed by atoms with van der Waals surface area (Å²) in [6, 6.07) is 3.85. The molecule has 3 rings (SSSR count). The smallest absolute Gasteiger partial charge is 0.393 e. The van der Waals surface area contributed by atoms with Crippen molar-refractivity contribution in [1.82, 2.24) is 9.97 Å². The lowest BCUT2D eigenvalue weighted by atomic mass is 9.93. The molecule has 0 radical (unpaired) electrons. The third-order valence-electron chi connectivity index (χ3n) is 3.97. The molecule has 8 heteroatoms. The Morgan fingerprint density at radius 1 is 1.09 bits per heavy atom. The van der Waals surface area contributed by atoms with Crippen molar-refractivity contribution >= 4 is 16.7 Å². The number of anilines is 1. The number of fused-ring (bicyclic) bond motifs is 1. The fraction of sp³-hybridized carbons (Fsp3) is 0.467. The quantitative estimate of drug-likeness (QED) is 0.828. The van der Waals surface area contributed by atoms with Crippen molar-refractivity contribution < 1.29 is 22.7 Å². The first kappa shape index (κ1) is 15.9. The van der Waals surface area contributed by atoms with Gasteiger partial charge in [-0.25, -0.2) is 14.4 Å². The second kappa shape index (κ2) is 5.92. The lowest BCUT2D eigenvalue weighted by Gasteiger charge is -2.27. The third-order valence-corrected chi connectivity index (χ3v) is 3.97. The lowest BCUT2D eigenvalue weighted by Crippen LogP contribution is -2.29. The van der Waals surface area contributed by atoms with Crippen molar-refractivity contribution in [1.29, 1.82) is 0 Å². The molecule has 1 aromatic heterocycles. The highest BCUT2D eigenvalue weighted by Gasteiger charge is 2.36. The molecule has 1 aromatic carbocycles. The highest BCUT2D eigenvalue weighted by atomic mass is 19.4. The largest absolute Gasteiger partial charge is 0.451 e. The molecule has 1 aliphatic rings. The zero-order chi connectivity index (χ0) is 16.6. The van der Waals surface area contributed by atoms with Crippen LogP contribution in [0.5, 0.6) is 0 Å². The SMILES string of the molecule is OC1CCC(Nc2nc(C(F)(F)F)nc3c(F)cccc23)CC1. The second-order valence-electron chi connectivity index (χ2n) is 5.68. The van der Waals surface area contributed by atoms with Crippen LogP contribution in [0.4, 0.5) is 23.4 Å². The van der Waals surface area contributed by atoms with E-state index in [9.17, 15) is 22.7 Å². The Bertz CT molecular complexity index is 712. The van der Waals surface area contributed by atoms with Crippen molar-refractivity contribution in [2.45, 2.75) is 44.0 Å². The minimum absolute atomic E-state index is 0.0248. The Labute approximate surface area is 129 Å². The number of nitrogens with one attached hydrogen (secondary N) is 1. The molecule has 4 nitrogen and oxygen atoms in total. The molecular weight excluding hydrogens is 314 g/mol. The van der Waals surface area contributed by atoms with E-state index in [4.69, 9.17) is 0 Å². The summed E-state index contributed by atoms with van der Waals surface area (Å²) in [4.78, 5) is 6.87. The normalized spacial score (nSPS) is 22.3. The van der Waals surface area contributed by atoms with Crippen molar-refractivity contribution in [3.8, 4) is 0 Å². The number of benzene rings is 1. The second-order valence-corrected chi connectivity index (χ2v) is 5.68. The van der Waals surface area contributed by atoms with E-state index < -0.39 is 17.8 Å². The van der Waals surface area contributed by atoms with E-state index in [2.05, 4.69) is 15.3 Å². The number of nitrogens with zero attached hydrogens (tertiary/aromatic N) is 2. The van der Waals surface area contributed by atoms with Gasteiger partial charge in [0.25, 0.3) is 0 Å². The molecule has 1 heterocycles. The first-order valence-electron chi connectivity index (χ1n) is 7.32. The zero-order valence-corrected chi connectivity index (χ0v) is 12.1. The fourth-order valence-corrected chi connectivity index (χ4v) is 2.77. The minimum Gasteiger partial charge on any atom is -0.393 e. The standard InChI is InChI=1S/C15H15F4N3O/c16-11-3-1-2-10-12(11)21-14(15(17,18)19)22-13(10)20-8-4-6-9(23)7-5-8/h1-3,8-9,23H,4-7H2,(H,20,21,22). The number of rotatable bonds is 2. The van der Waals surface area contributed by atoms with Crippen molar-refractivity contribution in [2.75, 3.05) is 5.32 Å². The number of aliphatic hydroxyl groups is 1. The molecule has 23 heavy (non-hydrogen) atoms. The van der Waals surface area contributed by atoms with Crippen LogP contribution in [0, 0.1) is 5.82 Å². The summed E-state index contributed by atoms with van der Waals surface area (Å²) in [5.41, 5.74) is -0.354. The number of hydrogen-bond donors (Lipinski definition) is 2. The molecular formula is C15H15F4N3O. The summed E-state index contributed by atoms with van der Waals surface area (Å²) in [6.07, 6.45) is -2.76. The lowest BCUT2D eigenvalue weighted by molar-refractivity contribution is -0.144. The number of aliphatic hydroxyl groups excluding tert-OH is 1. The van der Waals surface area contributed by atoms with Gasteiger partial charge in [0.05, 0.1) is 6.10 Å². The van der Waals surface area contributed by atoms with Gasteiger partial charge in [0.1, 0.15) is 17.2 Å². The average Bonchev–Trinajstić information content (AvgIpc) is 2.49. The van der Waals surface area contributed by atoms with Gasteiger partial charge < -0.3 is 10.4 Å². The Hall–Kier alpha value is -1.96. The van der Waals surface area contributed by atoms with Crippen LogP contribution in [0.25, 0.3) is 10.9 Å². The number of para-hydroxylation sites is 1. The summed E-state index contributed by atoms with van der Waals surface area (Å²) >= 11 is 0. The zero-order valence-electron chi connectivity index (χ0n) is 12.1. The predicted octanol–water partition coefficient (Wildman–Crippen LogP) is 3.50. The molecule has 0 amide bonds. The van der Waals surface area contributed by atoms with E-state index in [1.54, 1.807) is 0 Å². The summed E-state index contributed by atoms with van der Waals surface area (Å²) in [5.74, 6) is -2.21. The van der Waals surface area contributed by atoms with Gasteiger partial charge >= 0.3 is 6.18 Å². The molecule has 1 fully saturated rings. The van der Waals surface area contributed by atoms with Crippen LogP contribution in [-0.4, -0.2) is 27.2 Å². The Morgan fingerprint density at radius 2 is 1.78 bits per heavy atom. The van der Waals surface area contributed by atoms with Crippen molar-refractivity contribution in [2.24, 2.45) is 0 Å². The van der Waals surface area contributed by atoms with E-state index in [-0.39, 0.29) is 28.9 Å². The van der Waals surface area contributed by atoms with E-state index in [0.717, 1.165) is 6.07 Å². The van der Waals surface area contributed by atoms with E-state index in [0.29, 0.717) is 25.7 Å². The molecule has 0 unspecified atom stereocenters. The van der Waals surface area contributed by atoms with Gasteiger partial charge in [0.2, 0.25) is 5.82 Å². The number of alkyl halides is 3. The summed E-state index contributed by atoms with van der Waals surface area (Å²) < 4.78 is 52.7. The average molecular weight is 329 g/mol. The maximum atomic E-state index is 13.8. The van der Waals surface area contributed by atoms with Crippen LogP contribution in [0.15, 0.2) is 18.2 Å². The van der Waals surface area contributed by atoms with Crippen LogP contribution < -0.4 is 5.32 Å². The van der Waals surface area contributed by atoms with Gasteiger partial charge in [0, 0.05) is 11.4 Å². The van der Waals surface area contributed by atoms with Crippen molar-refractivity contribution in [3.05, 3.63) is 29.8 Å². The van der Waals surface area contributed by atoms with Crippen LogP contribution in [-0.2, 0) is 6.18 Å².